The number of pyridine rings is 1. The molecule has 4 nitrogen and oxygen atoms in total. The number of nitrogens with zero attached hydrogens (tertiary/aromatic N) is 1. The van der Waals surface area contributed by atoms with Gasteiger partial charge in [0.15, 0.2) is 0 Å². The van der Waals surface area contributed by atoms with E-state index in [1.54, 1.807) is 36.2 Å². The van der Waals surface area contributed by atoms with Crippen LogP contribution in [-0.2, 0) is 17.8 Å². The van der Waals surface area contributed by atoms with E-state index in [2.05, 4.69) is 35.4 Å². The predicted octanol–water partition coefficient (Wildman–Crippen LogP) is 4.65. The second kappa shape index (κ2) is 8.02. The fourth-order valence-electron chi connectivity index (χ4n) is 3.07. The maximum atomic E-state index is 13.4. The van der Waals surface area contributed by atoms with Crippen LogP contribution in [0.5, 0.6) is 11.6 Å². The average Bonchev–Trinajstić information content (AvgIpc) is 3.10. The van der Waals surface area contributed by atoms with Crippen LogP contribution in [0.25, 0.3) is 0 Å². The second-order valence-corrected chi connectivity index (χ2v) is 7.91. The van der Waals surface area contributed by atoms with Gasteiger partial charge in [-0.25, -0.2) is 9.37 Å². The van der Waals surface area contributed by atoms with Crippen molar-refractivity contribution in [1.29, 1.82) is 0 Å². The summed E-state index contributed by atoms with van der Waals surface area (Å²) in [6.45, 7) is 2.35. The van der Waals surface area contributed by atoms with Crippen molar-refractivity contribution < 1.29 is 13.9 Å². The molecule has 0 aliphatic carbocycles. The van der Waals surface area contributed by atoms with Gasteiger partial charge in [-0.2, -0.15) is 0 Å². The zero-order chi connectivity index (χ0) is 19.5. The molecule has 28 heavy (non-hydrogen) atoms. The molecule has 1 aromatic heterocycles. The predicted molar refractivity (Wildman–Crippen MR) is 107 cm³/mol. The summed E-state index contributed by atoms with van der Waals surface area (Å²) in [4.78, 5) is 18.0. The maximum Gasteiger partial charge on any atom is 0.234 e. The molecular weight excluding hydrogens is 375 g/mol. The summed E-state index contributed by atoms with van der Waals surface area (Å²) in [5.74, 6) is 0.325. The van der Waals surface area contributed by atoms with Crippen molar-refractivity contribution in [3.8, 4) is 11.6 Å². The number of amides is 1. The molecule has 1 amide bonds. The molecule has 0 bridgehead atoms. The van der Waals surface area contributed by atoms with Crippen LogP contribution in [0.15, 0.2) is 65.7 Å². The summed E-state index contributed by atoms with van der Waals surface area (Å²) in [5, 5.41) is 2.84. The standard InChI is InChI=1S/C22H19FN2O2S/c1-14-7-8-15-11-20(28-19(15)10-14)21(26)25-13-16-4-3-9-24-22(16)27-18-6-2-5-17(23)12-18/h2-10,12,20H,11,13H2,1H3,(H,25,26). The largest absolute Gasteiger partial charge is 0.439 e. The first-order chi connectivity index (χ1) is 13.6. The van der Waals surface area contributed by atoms with E-state index in [1.807, 2.05) is 6.07 Å². The highest BCUT2D eigenvalue weighted by atomic mass is 32.2. The van der Waals surface area contributed by atoms with E-state index in [-0.39, 0.29) is 17.0 Å². The van der Waals surface area contributed by atoms with E-state index in [0.29, 0.717) is 18.2 Å². The van der Waals surface area contributed by atoms with Crippen LogP contribution in [0.2, 0.25) is 0 Å². The summed E-state index contributed by atoms with van der Waals surface area (Å²) in [7, 11) is 0. The van der Waals surface area contributed by atoms with Gasteiger partial charge < -0.3 is 10.1 Å². The highest BCUT2D eigenvalue weighted by Crippen LogP contribution is 2.37. The number of hydrogen-bond donors (Lipinski definition) is 1. The number of fused-ring (bicyclic) bond motifs is 1. The molecule has 2 aromatic carbocycles. The summed E-state index contributed by atoms with van der Waals surface area (Å²) in [5.41, 5.74) is 3.14. The molecule has 1 aliphatic rings. The quantitative estimate of drug-likeness (QED) is 0.684. The van der Waals surface area contributed by atoms with Crippen LogP contribution in [0.4, 0.5) is 4.39 Å². The van der Waals surface area contributed by atoms with Crippen molar-refractivity contribution in [2.45, 2.75) is 30.0 Å². The van der Waals surface area contributed by atoms with Crippen molar-refractivity contribution in [1.82, 2.24) is 10.3 Å². The van der Waals surface area contributed by atoms with Gasteiger partial charge in [0.25, 0.3) is 0 Å². The van der Waals surface area contributed by atoms with Gasteiger partial charge in [-0.05, 0) is 43.2 Å². The lowest BCUT2D eigenvalue weighted by atomic mass is 10.1. The first-order valence-corrected chi connectivity index (χ1v) is 9.87. The minimum atomic E-state index is -0.378. The van der Waals surface area contributed by atoms with Crippen LogP contribution in [-0.4, -0.2) is 16.1 Å². The van der Waals surface area contributed by atoms with Gasteiger partial charge in [-0.3, -0.25) is 4.79 Å². The minimum Gasteiger partial charge on any atom is -0.439 e. The fraction of sp³-hybridized carbons (Fsp3) is 0.182. The maximum absolute atomic E-state index is 13.4. The third kappa shape index (κ3) is 4.17. The average molecular weight is 394 g/mol. The lowest BCUT2D eigenvalue weighted by molar-refractivity contribution is -0.120. The Balaban J connectivity index is 1.41. The number of halogens is 1. The molecule has 0 saturated carbocycles. The van der Waals surface area contributed by atoms with E-state index in [1.165, 1.54) is 28.2 Å². The first-order valence-electron chi connectivity index (χ1n) is 9.00. The molecule has 4 rings (SSSR count). The van der Waals surface area contributed by atoms with E-state index < -0.39 is 0 Å². The summed E-state index contributed by atoms with van der Waals surface area (Å²) in [6, 6.07) is 15.8. The molecule has 1 N–H and O–H groups in total. The Kier molecular flexibility index (Phi) is 5.30. The molecule has 142 valence electrons. The van der Waals surface area contributed by atoms with Gasteiger partial charge in [0.05, 0.1) is 5.25 Å². The van der Waals surface area contributed by atoms with Crippen molar-refractivity contribution in [2.24, 2.45) is 0 Å². The van der Waals surface area contributed by atoms with Crippen LogP contribution < -0.4 is 10.1 Å². The number of hydrogen-bond acceptors (Lipinski definition) is 4. The summed E-state index contributed by atoms with van der Waals surface area (Å²) < 4.78 is 19.1. The molecule has 0 saturated heterocycles. The Labute approximate surface area is 167 Å². The van der Waals surface area contributed by atoms with E-state index in [4.69, 9.17) is 4.74 Å². The number of ether oxygens (including phenoxy) is 1. The van der Waals surface area contributed by atoms with E-state index in [9.17, 15) is 9.18 Å². The smallest absolute Gasteiger partial charge is 0.234 e. The van der Waals surface area contributed by atoms with Crippen LogP contribution >= 0.6 is 11.8 Å². The highest BCUT2D eigenvalue weighted by Gasteiger charge is 2.28. The van der Waals surface area contributed by atoms with Gasteiger partial charge in [0.2, 0.25) is 11.8 Å². The molecule has 1 atom stereocenters. The number of benzene rings is 2. The molecule has 0 spiro atoms. The molecule has 3 aromatic rings. The van der Waals surface area contributed by atoms with E-state index in [0.717, 1.165) is 12.0 Å². The molecular formula is C22H19FN2O2S. The topological polar surface area (TPSA) is 51.2 Å². The number of aromatic nitrogens is 1. The third-order valence-corrected chi connectivity index (χ3v) is 5.80. The number of thioether (sulfide) groups is 1. The lowest BCUT2D eigenvalue weighted by Crippen LogP contribution is -2.32. The number of rotatable bonds is 5. The van der Waals surface area contributed by atoms with E-state index >= 15 is 0 Å². The Morgan fingerprint density at radius 1 is 1.25 bits per heavy atom. The van der Waals surface area contributed by atoms with Crippen LogP contribution in [0.1, 0.15) is 16.7 Å². The highest BCUT2D eigenvalue weighted by molar-refractivity contribution is 8.01. The Morgan fingerprint density at radius 2 is 2.14 bits per heavy atom. The normalized spacial score (nSPS) is 15.1. The number of carbonyl (C=O) groups excluding carboxylic acids is 1. The second-order valence-electron chi connectivity index (χ2n) is 6.67. The molecule has 1 aliphatic heterocycles. The monoisotopic (exact) mass is 394 g/mol. The van der Waals surface area contributed by atoms with Crippen molar-refractivity contribution in [3.63, 3.8) is 0 Å². The van der Waals surface area contributed by atoms with Gasteiger partial charge in [-0.15, -0.1) is 11.8 Å². The van der Waals surface area contributed by atoms with Gasteiger partial charge in [-0.1, -0.05) is 29.8 Å². The fourth-order valence-corrected chi connectivity index (χ4v) is 4.39. The van der Waals surface area contributed by atoms with Crippen LogP contribution in [0, 0.1) is 12.7 Å². The Hall–Kier alpha value is -2.86. The van der Waals surface area contributed by atoms with Crippen molar-refractivity contribution >= 4 is 17.7 Å². The lowest BCUT2D eigenvalue weighted by Gasteiger charge is -2.13. The molecule has 1 unspecified atom stereocenters. The summed E-state index contributed by atoms with van der Waals surface area (Å²) >= 11 is 1.60. The third-order valence-electron chi connectivity index (χ3n) is 4.50. The molecule has 6 heteroatoms. The van der Waals surface area contributed by atoms with Gasteiger partial charge >= 0.3 is 0 Å². The van der Waals surface area contributed by atoms with Crippen molar-refractivity contribution in [3.05, 3.63) is 83.3 Å². The SMILES string of the molecule is Cc1ccc2c(c1)SC(C(=O)NCc1cccnc1Oc1cccc(F)c1)C2. The number of aryl methyl sites for hydroxylation is 1. The number of carbonyl (C=O) groups is 1. The molecule has 0 fully saturated rings. The zero-order valence-corrected chi connectivity index (χ0v) is 16.1. The Bertz CT molecular complexity index is 1020. The molecule has 2 heterocycles. The van der Waals surface area contributed by atoms with Crippen molar-refractivity contribution in [2.75, 3.05) is 0 Å². The zero-order valence-electron chi connectivity index (χ0n) is 15.3. The minimum absolute atomic E-state index is 0.0144. The first kappa shape index (κ1) is 18.5. The number of nitrogens with one attached hydrogen (secondary N) is 1. The summed E-state index contributed by atoms with van der Waals surface area (Å²) in [6.07, 6.45) is 2.33. The molecule has 0 radical (unpaired) electrons. The van der Waals surface area contributed by atoms with Crippen LogP contribution in [0.3, 0.4) is 0 Å². The Morgan fingerprint density at radius 3 is 3.00 bits per heavy atom. The van der Waals surface area contributed by atoms with Gasteiger partial charge in [0.1, 0.15) is 11.6 Å². The van der Waals surface area contributed by atoms with Gasteiger partial charge in [0, 0.05) is 29.3 Å².